The van der Waals surface area contributed by atoms with Gasteiger partial charge in [-0.15, -0.1) is 0 Å². The summed E-state index contributed by atoms with van der Waals surface area (Å²) in [6.45, 7) is 0.184. The van der Waals surface area contributed by atoms with Gasteiger partial charge >= 0.3 is 0 Å². The van der Waals surface area contributed by atoms with E-state index in [1.165, 1.54) is 31.4 Å². The normalized spacial score (nSPS) is 15.1. The summed E-state index contributed by atoms with van der Waals surface area (Å²) in [6.07, 6.45) is 1.41. The summed E-state index contributed by atoms with van der Waals surface area (Å²) in [5.74, 6) is 0.431. The molecule has 3 rings (SSSR count). The number of rotatable bonds is 7. The van der Waals surface area contributed by atoms with Crippen LogP contribution in [0.15, 0.2) is 47.4 Å². The summed E-state index contributed by atoms with van der Waals surface area (Å²) >= 11 is 6.57. The Morgan fingerprint density at radius 2 is 1.93 bits per heavy atom. The van der Waals surface area contributed by atoms with Gasteiger partial charge < -0.3 is 9.47 Å². The van der Waals surface area contributed by atoms with E-state index in [1.807, 2.05) is 0 Å². The number of imide groups is 1. The lowest BCUT2D eigenvalue weighted by molar-refractivity contribution is -0.384. The lowest BCUT2D eigenvalue weighted by Gasteiger charge is -2.13. The first-order valence-electron chi connectivity index (χ1n) is 8.35. The Morgan fingerprint density at radius 1 is 1.21 bits per heavy atom. The Morgan fingerprint density at radius 3 is 2.59 bits per heavy atom. The van der Waals surface area contributed by atoms with E-state index in [9.17, 15) is 19.7 Å². The number of amides is 2. The van der Waals surface area contributed by atoms with Crippen LogP contribution >= 0.6 is 23.4 Å². The van der Waals surface area contributed by atoms with Crippen LogP contribution in [0.2, 0.25) is 5.02 Å². The van der Waals surface area contributed by atoms with Gasteiger partial charge in [0.1, 0.15) is 18.1 Å². The molecule has 10 heteroatoms. The molecule has 1 aliphatic heterocycles. The monoisotopic (exact) mass is 434 g/mol. The van der Waals surface area contributed by atoms with Gasteiger partial charge in [0.25, 0.3) is 16.8 Å². The fraction of sp³-hybridized carbons (Fsp3) is 0.158. The molecule has 1 heterocycles. The van der Waals surface area contributed by atoms with Gasteiger partial charge in [0.05, 0.1) is 23.5 Å². The second kappa shape index (κ2) is 8.97. The van der Waals surface area contributed by atoms with Gasteiger partial charge in [-0.25, -0.2) is 0 Å². The average Bonchev–Trinajstić information content (AvgIpc) is 2.96. The Bertz CT molecular complexity index is 993. The van der Waals surface area contributed by atoms with E-state index >= 15 is 0 Å². The standard InChI is InChI=1S/C19H15ClN2O6S/c1-27-16-7-4-14(22(25)26)10-12(16)11-17-18(23)21(19(24)29-17)8-9-28-15-5-2-13(20)3-6-15/h2-7,10-11H,8-9H2,1H3/b17-11-. The first-order chi connectivity index (χ1) is 13.9. The molecular formula is C19H15ClN2O6S. The smallest absolute Gasteiger partial charge is 0.293 e. The van der Waals surface area contributed by atoms with Crippen molar-refractivity contribution in [3.63, 3.8) is 0 Å². The van der Waals surface area contributed by atoms with Crippen LogP contribution in [0.4, 0.5) is 10.5 Å². The fourth-order valence-electron chi connectivity index (χ4n) is 2.57. The molecule has 0 atom stereocenters. The van der Waals surface area contributed by atoms with Crippen molar-refractivity contribution in [3.05, 3.63) is 68.1 Å². The number of benzene rings is 2. The molecule has 0 N–H and O–H groups in total. The number of nitrogens with zero attached hydrogens (tertiary/aromatic N) is 2. The van der Waals surface area contributed by atoms with Crippen LogP contribution in [0.25, 0.3) is 6.08 Å². The summed E-state index contributed by atoms with van der Waals surface area (Å²) in [5, 5.41) is 11.1. The van der Waals surface area contributed by atoms with Crippen LogP contribution < -0.4 is 9.47 Å². The molecule has 29 heavy (non-hydrogen) atoms. The number of methoxy groups -OCH3 is 1. The second-order valence-corrected chi connectivity index (χ2v) is 7.25. The molecule has 150 valence electrons. The number of carbonyl (C=O) groups excluding carboxylic acids is 2. The molecule has 2 aromatic rings. The predicted molar refractivity (Wildman–Crippen MR) is 109 cm³/mol. The average molecular weight is 435 g/mol. The van der Waals surface area contributed by atoms with Gasteiger partial charge in [-0.2, -0.15) is 0 Å². The van der Waals surface area contributed by atoms with Gasteiger partial charge in [-0.3, -0.25) is 24.6 Å². The van der Waals surface area contributed by atoms with Crippen molar-refractivity contribution in [2.45, 2.75) is 0 Å². The minimum atomic E-state index is -0.545. The minimum Gasteiger partial charge on any atom is -0.496 e. The number of carbonyl (C=O) groups is 2. The summed E-state index contributed by atoms with van der Waals surface area (Å²) in [6, 6.07) is 10.7. The maximum atomic E-state index is 12.6. The molecule has 0 aromatic heterocycles. The Balaban J connectivity index is 1.72. The summed E-state index contributed by atoms with van der Waals surface area (Å²) in [4.78, 5) is 36.5. The molecule has 0 aliphatic carbocycles. The summed E-state index contributed by atoms with van der Waals surface area (Å²) in [7, 11) is 1.42. The molecule has 0 bridgehead atoms. The number of hydrogen-bond donors (Lipinski definition) is 0. The van der Waals surface area contributed by atoms with E-state index in [-0.39, 0.29) is 23.7 Å². The third-order valence-electron chi connectivity index (χ3n) is 3.98. The third-order valence-corrected chi connectivity index (χ3v) is 5.14. The quantitative estimate of drug-likeness (QED) is 0.362. The van der Waals surface area contributed by atoms with Gasteiger partial charge in [0.2, 0.25) is 0 Å². The van der Waals surface area contributed by atoms with Crippen LogP contribution in [0.5, 0.6) is 11.5 Å². The first-order valence-corrected chi connectivity index (χ1v) is 9.54. The number of halogens is 1. The van der Waals surface area contributed by atoms with Crippen molar-refractivity contribution in [1.82, 2.24) is 4.90 Å². The Labute approximate surface area is 175 Å². The summed E-state index contributed by atoms with van der Waals surface area (Å²) < 4.78 is 10.7. The van der Waals surface area contributed by atoms with Crippen molar-refractivity contribution in [2.75, 3.05) is 20.3 Å². The molecule has 1 aliphatic rings. The van der Waals surface area contributed by atoms with E-state index < -0.39 is 16.1 Å². The van der Waals surface area contributed by atoms with Gasteiger partial charge in [-0.1, -0.05) is 11.6 Å². The minimum absolute atomic E-state index is 0.0662. The molecule has 1 saturated heterocycles. The van der Waals surface area contributed by atoms with Crippen LogP contribution in [0.1, 0.15) is 5.56 Å². The lowest BCUT2D eigenvalue weighted by Crippen LogP contribution is -2.32. The molecule has 2 amide bonds. The van der Waals surface area contributed by atoms with Crippen LogP contribution in [0, 0.1) is 10.1 Å². The number of ether oxygens (including phenoxy) is 2. The zero-order valence-corrected chi connectivity index (χ0v) is 16.7. The van der Waals surface area contributed by atoms with Crippen molar-refractivity contribution >= 4 is 46.3 Å². The van der Waals surface area contributed by atoms with Gasteiger partial charge in [-0.05, 0) is 48.2 Å². The van der Waals surface area contributed by atoms with Gasteiger partial charge in [0, 0.05) is 22.7 Å². The highest BCUT2D eigenvalue weighted by molar-refractivity contribution is 8.18. The zero-order valence-electron chi connectivity index (χ0n) is 15.2. The highest BCUT2D eigenvalue weighted by Crippen LogP contribution is 2.35. The van der Waals surface area contributed by atoms with Crippen molar-refractivity contribution in [2.24, 2.45) is 0 Å². The Hall–Kier alpha value is -3.04. The first kappa shape index (κ1) is 20.7. The molecule has 1 fully saturated rings. The highest BCUT2D eigenvalue weighted by atomic mass is 35.5. The largest absolute Gasteiger partial charge is 0.496 e. The number of hydrogen-bond acceptors (Lipinski definition) is 7. The van der Waals surface area contributed by atoms with Crippen molar-refractivity contribution in [1.29, 1.82) is 0 Å². The highest BCUT2D eigenvalue weighted by Gasteiger charge is 2.35. The van der Waals surface area contributed by atoms with Crippen LogP contribution in [0.3, 0.4) is 0 Å². The molecular weight excluding hydrogens is 420 g/mol. The molecule has 2 aromatic carbocycles. The molecule has 8 nitrogen and oxygen atoms in total. The number of nitro groups is 1. The SMILES string of the molecule is COc1ccc([N+](=O)[O-])cc1/C=C1\SC(=O)N(CCOc2ccc(Cl)cc2)C1=O. The number of non-ortho nitro benzene ring substituents is 1. The second-order valence-electron chi connectivity index (χ2n) is 5.82. The van der Waals surface area contributed by atoms with E-state index in [0.29, 0.717) is 22.1 Å². The number of nitro benzene ring substituents is 1. The number of thioether (sulfide) groups is 1. The fourth-order valence-corrected chi connectivity index (χ4v) is 3.55. The lowest BCUT2D eigenvalue weighted by atomic mass is 10.1. The van der Waals surface area contributed by atoms with Crippen LogP contribution in [-0.4, -0.2) is 41.2 Å². The zero-order chi connectivity index (χ0) is 21.0. The molecule has 0 radical (unpaired) electrons. The van der Waals surface area contributed by atoms with E-state index in [2.05, 4.69) is 0 Å². The molecule has 0 saturated carbocycles. The van der Waals surface area contributed by atoms with E-state index in [1.54, 1.807) is 24.3 Å². The Kier molecular flexibility index (Phi) is 6.40. The molecule has 0 spiro atoms. The maximum Gasteiger partial charge on any atom is 0.293 e. The van der Waals surface area contributed by atoms with Crippen molar-refractivity contribution < 1.29 is 24.0 Å². The maximum absolute atomic E-state index is 12.6. The topological polar surface area (TPSA) is 99.0 Å². The predicted octanol–water partition coefficient (Wildman–Crippen LogP) is 4.37. The molecule has 0 unspecified atom stereocenters. The summed E-state index contributed by atoms with van der Waals surface area (Å²) in [5.41, 5.74) is 0.192. The third kappa shape index (κ3) is 4.87. The van der Waals surface area contributed by atoms with E-state index in [0.717, 1.165) is 16.7 Å². The van der Waals surface area contributed by atoms with Crippen LogP contribution in [-0.2, 0) is 4.79 Å². The van der Waals surface area contributed by atoms with E-state index in [4.69, 9.17) is 21.1 Å². The van der Waals surface area contributed by atoms with Gasteiger partial charge in [0.15, 0.2) is 0 Å². The van der Waals surface area contributed by atoms with Crippen molar-refractivity contribution in [3.8, 4) is 11.5 Å².